The highest BCUT2D eigenvalue weighted by Crippen LogP contribution is 2.30. The predicted octanol–water partition coefficient (Wildman–Crippen LogP) is 2.92. The van der Waals surface area contributed by atoms with Gasteiger partial charge < -0.3 is 25.6 Å². The predicted molar refractivity (Wildman–Crippen MR) is 116 cm³/mol. The number of hydrogen-bond acceptors (Lipinski definition) is 8. The lowest BCUT2D eigenvalue weighted by Crippen LogP contribution is -2.47. The molecule has 0 bridgehead atoms. The fraction of sp³-hybridized carbons (Fsp3) is 0.286. The highest BCUT2D eigenvalue weighted by molar-refractivity contribution is 5.78. The average molecular weight is 391 g/mol. The molecule has 0 spiro atoms. The summed E-state index contributed by atoms with van der Waals surface area (Å²) in [6, 6.07) is 13.7. The van der Waals surface area contributed by atoms with E-state index >= 15 is 0 Å². The second-order valence-corrected chi connectivity index (χ2v) is 6.70. The molecule has 0 saturated carbocycles. The normalized spacial score (nSPS) is 14.0. The second-order valence-electron chi connectivity index (χ2n) is 6.70. The van der Waals surface area contributed by atoms with Crippen molar-refractivity contribution in [2.75, 3.05) is 53.6 Å². The van der Waals surface area contributed by atoms with Gasteiger partial charge in [-0.1, -0.05) is 6.07 Å². The summed E-state index contributed by atoms with van der Waals surface area (Å²) < 4.78 is 5.48. The molecular formula is C21H25N7O. The van der Waals surface area contributed by atoms with Gasteiger partial charge in [-0.3, -0.25) is 0 Å². The zero-order chi connectivity index (χ0) is 20.1. The molecule has 0 atom stereocenters. The summed E-state index contributed by atoms with van der Waals surface area (Å²) >= 11 is 0. The molecule has 1 aliphatic heterocycles. The maximum Gasteiger partial charge on any atom is 0.159 e. The van der Waals surface area contributed by atoms with Crippen LogP contribution in [-0.2, 0) is 0 Å². The van der Waals surface area contributed by atoms with Crippen molar-refractivity contribution in [1.29, 1.82) is 0 Å². The van der Waals surface area contributed by atoms with Gasteiger partial charge in [-0.15, -0.1) is 0 Å². The Hall–Kier alpha value is -3.55. The van der Waals surface area contributed by atoms with E-state index in [0.29, 0.717) is 18.1 Å². The maximum atomic E-state index is 6.41. The fourth-order valence-electron chi connectivity index (χ4n) is 3.36. The number of pyridine rings is 1. The van der Waals surface area contributed by atoms with Crippen LogP contribution in [-0.4, -0.2) is 47.7 Å². The molecular weight excluding hydrogens is 366 g/mol. The van der Waals surface area contributed by atoms with E-state index in [9.17, 15) is 0 Å². The van der Waals surface area contributed by atoms with Crippen molar-refractivity contribution < 1.29 is 4.74 Å². The van der Waals surface area contributed by atoms with Crippen molar-refractivity contribution in [2.24, 2.45) is 0 Å². The zero-order valence-electron chi connectivity index (χ0n) is 16.5. The zero-order valence-corrected chi connectivity index (χ0v) is 16.5. The van der Waals surface area contributed by atoms with Gasteiger partial charge in [-0.25, -0.2) is 15.0 Å². The Morgan fingerprint density at radius 1 is 0.966 bits per heavy atom. The lowest BCUT2D eigenvalue weighted by atomic mass is 10.2. The van der Waals surface area contributed by atoms with E-state index < -0.39 is 0 Å². The quantitative estimate of drug-likeness (QED) is 0.663. The van der Waals surface area contributed by atoms with Crippen molar-refractivity contribution in [3.8, 4) is 5.75 Å². The van der Waals surface area contributed by atoms with Crippen LogP contribution >= 0.6 is 0 Å². The van der Waals surface area contributed by atoms with Crippen LogP contribution in [0.25, 0.3) is 0 Å². The van der Waals surface area contributed by atoms with Crippen molar-refractivity contribution in [2.45, 2.75) is 6.92 Å². The number of rotatable bonds is 6. The lowest BCUT2D eigenvalue weighted by molar-refractivity contribution is 0.340. The summed E-state index contributed by atoms with van der Waals surface area (Å²) in [6.07, 6.45) is 3.37. The number of nitrogens with two attached hydrogens (primary N) is 1. The van der Waals surface area contributed by atoms with Gasteiger partial charge in [0, 0.05) is 38.1 Å². The Morgan fingerprint density at radius 2 is 1.72 bits per heavy atom. The number of nitrogens with one attached hydrogen (secondary N) is 1. The van der Waals surface area contributed by atoms with Crippen molar-refractivity contribution in [3.05, 3.63) is 55.0 Å². The number of piperazine rings is 1. The molecule has 0 aliphatic carbocycles. The first-order chi connectivity index (χ1) is 14.2. The Bertz CT molecular complexity index is 926. The number of ether oxygens (including phenoxy) is 1. The monoisotopic (exact) mass is 391 g/mol. The summed E-state index contributed by atoms with van der Waals surface area (Å²) in [7, 11) is 0. The van der Waals surface area contributed by atoms with Crippen LogP contribution in [0.5, 0.6) is 5.75 Å². The van der Waals surface area contributed by atoms with Crippen LogP contribution in [0.15, 0.2) is 55.0 Å². The Morgan fingerprint density at radius 3 is 2.41 bits per heavy atom. The smallest absolute Gasteiger partial charge is 0.159 e. The number of hydrogen-bond donors (Lipinski definition) is 2. The van der Waals surface area contributed by atoms with Crippen LogP contribution in [0.4, 0.5) is 28.8 Å². The number of anilines is 5. The van der Waals surface area contributed by atoms with E-state index in [2.05, 4.69) is 30.1 Å². The molecule has 1 aliphatic rings. The maximum absolute atomic E-state index is 6.41. The molecule has 1 fully saturated rings. The molecule has 0 unspecified atom stereocenters. The molecule has 4 rings (SSSR count). The molecule has 150 valence electrons. The number of nitrogen functional groups attached to an aromatic ring is 1. The number of aromatic nitrogens is 3. The summed E-state index contributed by atoms with van der Waals surface area (Å²) in [4.78, 5) is 17.7. The third-order valence-corrected chi connectivity index (χ3v) is 4.84. The topological polar surface area (TPSA) is 92.4 Å². The minimum Gasteiger partial charge on any atom is -0.494 e. The van der Waals surface area contributed by atoms with E-state index in [1.807, 2.05) is 55.6 Å². The molecule has 1 saturated heterocycles. The van der Waals surface area contributed by atoms with Crippen LogP contribution in [0, 0.1) is 0 Å². The molecule has 0 radical (unpaired) electrons. The minimum absolute atomic E-state index is 0.549. The van der Waals surface area contributed by atoms with Gasteiger partial charge in [0.25, 0.3) is 0 Å². The van der Waals surface area contributed by atoms with Gasteiger partial charge in [-0.05, 0) is 43.3 Å². The molecule has 3 aromatic rings. The Labute approximate surface area is 170 Å². The number of nitrogens with zero attached hydrogens (tertiary/aromatic N) is 5. The van der Waals surface area contributed by atoms with Crippen molar-refractivity contribution in [3.63, 3.8) is 0 Å². The van der Waals surface area contributed by atoms with E-state index in [-0.39, 0.29) is 0 Å². The van der Waals surface area contributed by atoms with E-state index in [0.717, 1.165) is 49.3 Å². The van der Waals surface area contributed by atoms with E-state index in [1.165, 1.54) is 0 Å². The molecule has 8 nitrogen and oxygen atoms in total. The van der Waals surface area contributed by atoms with Crippen LogP contribution in [0.2, 0.25) is 0 Å². The molecule has 3 heterocycles. The third kappa shape index (κ3) is 4.31. The summed E-state index contributed by atoms with van der Waals surface area (Å²) in [5.74, 6) is 3.20. The molecule has 29 heavy (non-hydrogen) atoms. The first-order valence-electron chi connectivity index (χ1n) is 9.76. The van der Waals surface area contributed by atoms with Crippen molar-refractivity contribution in [1.82, 2.24) is 15.0 Å². The summed E-state index contributed by atoms with van der Waals surface area (Å²) in [5.41, 5.74) is 7.85. The molecule has 3 N–H and O–H groups in total. The highest BCUT2D eigenvalue weighted by Gasteiger charge is 2.22. The van der Waals surface area contributed by atoms with Crippen LogP contribution in [0.3, 0.4) is 0 Å². The highest BCUT2D eigenvalue weighted by atomic mass is 16.5. The van der Waals surface area contributed by atoms with Gasteiger partial charge in [0.05, 0.1) is 6.61 Å². The molecule has 1 aromatic carbocycles. The Kier molecular flexibility index (Phi) is 5.60. The second kappa shape index (κ2) is 8.64. The average Bonchev–Trinajstić information content (AvgIpc) is 2.77. The fourth-order valence-corrected chi connectivity index (χ4v) is 3.36. The molecule has 8 heteroatoms. The van der Waals surface area contributed by atoms with E-state index in [1.54, 1.807) is 6.33 Å². The first-order valence-corrected chi connectivity index (χ1v) is 9.76. The Balaban J connectivity index is 1.44. The standard InChI is InChI=1S/C21H25N7O/c1-2-29-17-8-6-16(7-9-17)26-20-19(22)21(25-15-24-20)28-13-11-27(12-14-28)18-5-3-4-10-23-18/h3-10,15H,2,11-14,22H2,1H3,(H,24,25,26). The minimum atomic E-state index is 0.549. The van der Waals surface area contributed by atoms with Gasteiger partial charge in [-0.2, -0.15) is 0 Å². The van der Waals surface area contributed by atoms with Gasteiger partial charge in [0.1, 0.15) is 23.6 Å². The van der Waals surface area contributed by atoms with Crippen LogP contribution in [0.1, 0.15) is 6.92 Å². The number of benzene rings is 1. The third-order valence-electron chi connectivity index (χ3n) is 4.84. The molecule has 2 aromatic heterocycles. The summed E-state index contributed by atoms with van der Waals surface area (Å²) in [5, 5.41) is 3.28. The van der Waals surface area contributed by atoms with Crippen molar-refractivity contribution >= 4 is 28.8 Å². The SMILES string of the molecule is CCOc1ccc(Nc2ncnc(N3CCN(c4ccccn4)CC3)c2N)cc1. The van der Waals surface area contributed by atoms with Crippen LogP contribution < -0.4 is 25.6 Å². The first kappa shape index (κ1) is 18.8. The summed E-state index contributed by atoms with van der Waals surface area (Å²) in [6.45, 7) is 5.97. The van der Waals surface area contributed by atoms with Gasteiger partial charge in [0.2, 0.25) is 0 Å². The lowest BCUT2D eigenvalue weighted by Gasteiger charge is -2.36. The van der Waals surface area contributed by atoms with E-state index in [4.69, 9.17) is 10.5 Å². The largest absolute Gasteiger partial charge is 0.494 e. The molecule has 0 amide bonds. The van der Waals surface area contributed by atoms with Gasteiger partial charge in [0.15, 0.2) is 11.6 Å². The van der Waals surface area contributed by atoms with Gasteiger partial charge >= 0.3 is 0 Å².